The summed E-state index contributed by atoms with van der Waals surface area (Å²) in [6.07, 6.45) is 1.62. The highest BCUT2D eigenvalue weighted by atomic mass is 19.1. The lowest BCUT2D eigenvalue weighted by atomic mass is 10.1. The summed E-state index contributed by atoms with van der Waals surface area (Å²) in [6, 6.07) is 7.71. The van der Waals surface area contributed by atoms with E-state index >= 15 is 0 Å². The third kappa shape index (κ3) is 4.18. The molecule has 1 fully saturated rings. The summed E-state index contributed by atoms with van der Waals surface area (Å²) in [7, 11) is 0. The number of anilines is 1. The molecule has 1 aromatic carbocycles. The van der Waals surface area contributed by atoms with Crippen LogP contribution in [0.25, 0.3) is 11.1 Å². The fraction of sp³-hybridized carbons (Fsp3) is 0.176. The third-order valence-electron chi connectivity index (χ3n) is 3.80. The molecule has 0 bridgehead atoms. The molecule has 2 heterocycles. The van der Waals surface area contributed by atoms with Crippen molar-refractivity contribution in [2.75, 3.05) is 18.1 Å². The van der Waals surface area contributed by atoms with E-state index in [1.54, 1.807) is 24.3 Å². The van der Waals surface area contributed by atoms with Gasteiger partial charge in [0.15, 0.2) is 0 Å². The van der Waals surface area contributed by atoms with Gasteiger partial charge in [0.2, 0.25) is 5.96 Å². The second-order valence-corrected chi connectivity index (χ2v) is 5.70. The van der Waals surface area contributed by atoms with E-state index in [0.717, 1.165) is 0 Å². The van der Waals surface area contributed by atoms with Gasteiger partial charge >= 0.3 is 6.09 Å². The molecule has 1 atom stereocenters. The topological polar surface area (TPSA) is 139 Å². The zero-order valence-electron chi connectivity index (χ0n) is 14.1. The van der Waals surface area contributed by atoms with E-state index in [9.17, 15) is 9.18 Å². The monoisotopic (exact) mass is 372 g/mol. The molecule has 1 aromatic heterocycles. The Hall–Kier alpha value is -3.53. The predicted molar refractivity (Wildman–Crippen MR) is 97.7 cm³/mol. The number of guanidine groups is 1. The third-order valence-corrected chi connectivity index (χ3v) is 3.80. The number of nitrogens with zero attached hydrogens (tertiary/aromatic N) is 4. The molecule has 1 aliphatic rings. The van der Waals surface area contributed by atoms with Gasteiger partial charge in [-0.3, -0.25) is 9.88 Å². The van der Waals surface area contributed by atoms with E-state index in [0.29, 0.717) is 22.5 Å². The van der Waals surface area contributed by atoms with Crippen LogP contribution in [0.2, 0.25) is 0 Å². The zero-order chi connectivity index (χ0) is 19.4. The van der Waals surface area contributed by atoms with Gasteiger partial charge in [0.05, 0.1) is 30.7 Å². The van der Waals surface area contributed by atoms with Crippen molar-refractivity contribution in [1.82, 2.24) is 4.98 Å². The standard InChI is InChI=1S/C17H17FN6O3/c18-15-5-12(24-8-13(9-25)27-17(24)26)3-4-14(15)10-1-2-11(21-6-10)7-22-23-16(19)20/h1-7,13,25H,8-9H2,(H4,19,20,23)/b22-7+/t13-/m1/s1. The van der Waals surface area contributed by atoms with E-state index in [1.807, 2.05) is 0 Å². The Kier molecular flexibility index (Phi) is 5.27. The molecule has 2 aromatic rings. The van der Waals surface area contributed by atoms with Gasteiger partial charge in [-0.2, -0.15) is 5.10 Å². The van der Waals surface area contributed by atoms with Crippen LogP contribution in [0.5, 0.6) is 0 Å². The Labute approximate surface area is 153 Å². The molecule has 140 valence electrons. The smallest absolute Gasteiger partial charge is 0.414 e. The maximum absolute atomic E-state index is 14.6. The maximum Gasteiger partial charge on any atom is 0.414 e. The molecule has 0 unspecified atom stereocenters. The molecular weight excluding hydrogens is 355 g/mol. The van der Waals surface area contributed by atoms with Crippen LogP contribution in [0.3, 0.4) is 0 Å². The largest absolute Gasteiger partial charge is 0.441 e. The van der Waals surface area contributed by atoms with Crippen molar-refractivity contribution in [3.8, 4) is 11.1 Å². The van der Waals surface area contributed by atoms with E-state index in [-0.39, 0.29) is 19.1 Å². The molecule has 1 aliphatic heterocycles. The number of carbonyl (C=O) groups excluding carboxylic acids is 1. The predicted octanol–water partition coefficient (Wildman–Crippen LogP) is 0.812. The first kappa shape index (κ1) is 18.3. The molecule has 0 radical (unpaired) electrons. The fourth-order valence-electron chi connectivity index (χ4n) is 2.53. The van der Waals surface area contributed by atoms with Crippen LogP contribution in [0.1, 0.15) is 5.69 Å². The maximum atomic E-state index is 14.6. The van der Waals surface area contributed by atoms with Crippen molar-refractivity contribution in [3.05, 3.63) is 48.0 Å². The van der Waals surface area contributed by atoms with Crippen LogP contribution in [-0.2, 0) is 4.74 Å². The second kappa shape index (κ2) is 7.79. The number of pyridine rings is 1. The average Bonchev–Trinajstić information content (AvgIpc) is 3.03. The molecular formula is C17H17FN6O3. The van der Waals surface area contributed by atoms with Crippen LogP contribution in [-0.4, -0.2) is 47.6 Å². The Morgan fingerprint density at radius 2 is 2.22 bits per heavy atom. The Morgan fingerprint density at radius 3 is 2.81 bits per heavy atom. The number of aromatic nitrogens is 1. The van der Waals surface area contributed by atoms with E-state index in [4.69, 9.17) is 21.3 Å². The fourth-order valence-corrected chi connectivity index (χ4v) is 2.53. The van der Waals surface area contributed by atoms with Gasteiger partial charge in [0.25, 0.3) is 0 Å². The summed E-state index contributed by atoms with van der Waals surface area (Å²) >= 11 is 0. The second-order valence-electron chi connectivity index (χ2n) is 5.70. The minimum absolute atomic E-state index is 0.166. The molecule has 1 amide bonds. The number of halogens is 1. The van der Waals surface area contributed by atoms with Crippen molar-refractivity contribution in [2.24, 2.45) is 21.7 Å². The van der Waals surface area contributed by atoms with Crippen molar-refractivity contribution >= 4 is 24.0 Å². The van der Waals surface area contributed by atoms with Gasteiger partial charge in [-0.1, -0.05) is 6.07 Å². The summed E-state index contributed by atoms with van der Waals surface area (Å²) < 4.78 is 19.5. The van der Waals surface area contributed by atoms with Gasteiger partial charge in [-0.25, -0.2) is 9.18 Å². The number of aliphatic hydroxyl groups is 1. The molecule has 9 nitrogen and oxygen atoms in total. The Balaban J connectivity index is 1.79. The van der Waals surface area contributed by atoms with Crippen molar-refractivity contribution in [3.63, 3.8) is 0 Å². The molecule has 3 rings (SSSR count). The van der Waals surface area contributed by atoms with E-state index < -0.39 is 18.0 Å². The number of rotatable bonds is 5. The highest BCUT2D eigenvalue weighted by Gasteiger charge is 2.32. The molecule has 1 saturated heterocycles. The lowest BCUT2D eigenvalue weighted by Gasteiger charge is -2.14. The summed E-state index contributed by atoms with van der Waals surface area (Å²) in [5, 5.41) is 16.2. The average molecular weight is 372 g/mol. The highest BCUT2D eigenvalue weighted by molar-refractivity contribution is 5.90. The first-order valence-electron chi connectivity index (χ1n) is 7.95. The van der Waals surface area contributed by atoms with Crippen LogP contribution < -0.4 is 16.4 Å². The number of amides is 1. The number of aliphatic hydroxyl groups excluding tert-OH is 1. The lowest BCUT2D eigenvalue weighted by Crippen LogP contribution is -2.25. The summed E-state index contributed by atoms with van der Waals surface area (Å²) in [4.78, 5) is 17.2. The number of carbonyl (C=O) groups is 1. The highest BCUT2D eigenvalue weighted by Crippen LogP contribution is 2.28. The lowest BCUT2D eigenvalue weighted by molar-refractivity contribution is 0.0963. The summed E-state index contributed by atoms with van der Waals surface area (Å²) in [5.41, 5.74) is 12.0. The van der Waals surface area contributed by atoms with E-state index in [2.05, 4.69) is 15.2 Å². The summed E-state index contributed by atoms with van der Waals surface area (Å²) in [5.74, 6) is -0.686. The van der Waals surface area contributed by atoms with E-state index in [1.165, 1.54) is 23.4 Å². The van der Waals surface area contributed by atoms with Crippen molar-refractivity contribution in [2.45, 2.75) is 6.10 Å². The first-order chi connectivity index (χ1) is 13.0. The number of hydrogen-bond donors (Lipinski definition) is 3. The molecule has 5 N–H and O–H groups in total. The molecule has 0 spiro atoms. The minimum atomic E-state index is -0.618. The minimum Gasteiger partial charge on any atom is -0.441 e. The number of benzene rings is 1. The summed E-state index contributed by atoms with van der Waals surface area (Å²) in [6.45, 7) is -0.118. The molecule has 0 saturated carbocycles. The number of ether oxygens (including phenoxy) is 1. The SMILES string of the molecule is NC(N)=N/N=C/c1ccc(-c2ccc(N3C[C@H](CO)OC3=O)cc2F)cn1. The number of nitrogens with two attached hydrogens (primary N) is 2. The van der Waals surface area contributed by atoms with Gasteiger partial charge < -0.3 is 21.3 Å². The quantitative estimate of drug-likeness (QED) is 0.403. The van der Waals surface area contributed by atoms with Crippen LogP contribution in [0.15, 0.2) is 46.7 Å². The van der Waals surface area contributed by atoms with Crippen LogP contribution in [0.4, 0.5) is 14.9 Å². The van der Waals surface area contributed by atoms with Gasteiger partial charge in [-0.05, 0) is 24.3 Å². The Bertz CT molecular complexity index is 896. The Morgan fingerprint density at radius 1 is 1.41 bits per heavy atom. The molecule has 10 heteroatoms. The normalized spacial score (nSPS) is 16.6. The first-order valence-corrected chi connectivity index (χ1v) is 7.95. The van der Waals surface area contributed by atoms with Crippen molar-refractivity contribution < 1.29 is 19.0 Å². The number of cyclic esters (lactones) is 1. The van der Waals surface area contributed by atoms with Gasteiger partial charge in [-0.15, -0.1) is 5.10 Å². The van der Waals surface area contributed by atoms with Crippen molar-refractivity contribution in [1.29, 1.82) is 0 Å². The van der Waals surface area contributed by atoms with Crippen LogP contribution in [0, 0.1) is 5.82 Å². The van der Waals surface area contributed by atoms with Crippen LogP contribution >= 0.6 is 0 Å². The molecule has 27 heavy (non-hydrogen) atoms. The molecule has 0 aliphatic carbocycles. The van der Waals surface area contributed by atoms with Gasteiger partial charge in [0.1, 0.15) is 11.9 Å². The van der Waals surface area contributed by atoms with Gasteiger partial charge in [0, 0.05) is 17.3 Å². The zero-order valence-corrected chi connectivity index (χ0v) is 14.1. The number of hydrogen-bond acceptors (Lipinski definition) is 6.